The van der Waals surface area contributed by atoms with E-state index < -0.39 is 0 Å². The minimum atomic E-state index is 0.646. The Morgan fingerprint density at radius 2 is 2.26 bits per heavy atom. The van der Waals surface area contributed by atoms with Crippen molar-refractivity contribution in [3.05, 3.63) is 29.6 Å². The van der Waals surface area contributed by atoms with Crippen LogP contribution < -0.4 is 0 Å². The van der Waals surface area contributed by atoms with Gasteiger partial charge in [0.15, 0.2) is 0 Å². The molecule has 0 saturated heterocycles. The average molecular weight is 277 g/mol. The van der Waals surface area contributed by atoms with Crippen LogP contribution in [0.15, 0.2) is 18.2 Å². The van der Waals surface area contributed by atoms with Crippen molar-refractivity contribution >= 4 is 22.6 Å². The molecule has 2 atom stereocenters. The summed E-state index contributed by atoms with van der Waals surface area (Å²) in [6.07, 6.45) is 4.78. The van der Waals surface area contributed by atoms with E-state index in [1.165, 1.54) is 36.2 Å². The molecule has 19 heavy (non-hydrogen) atoms. The number of alkyl halides is 1. The molecule has 3 rings (SSSR count). The van der Waals surface area contributed by atoms with E-state index >= 15 is 0 Å². The number of nitrogens with zero attached hydrogens (tertiary/aromatic N) is 2. The lowest BCUT2D eigenvalue weighted by Crippen LogP contribution is -2.04. The molecule has 0 N–H and O–H groups in total. The van der Waals surface area contributed by atoms with Crippen molar-refractivity contribution < 1.29 is 0 Å². The highest BCUT2D eigenvalue weighted by molar-refractivity contribution is 6.17. The maximum atomic E-state index is 5.94. The molecule has 0 spiro atoms. The molecule has 1 fully saturated rings. The molecule has 0 amide bonds. The molecule has 1 heterocycles. The SMILES string of the molecule is CCCC1CC1n1c(CCCl)nc2c(C)cccc21. The van der Waals surface area contributed by atoms with E-state index in [0.717, 1.165) is 17.9 Å². The largest absolute Gasteiger partial charge is 0.325 e. The minimum Gasteiger partial charge on any atom is -0.325 e. The summed E-state index contributed by atoms with van der Waals surface area (Å²) in [5, 5.41) is 0. The molecule has 0 aliphatic heterocycles. The van der Waals surface area contributed by atoms with Crippen LogP contribution in [0.3, 0.4) is 0 Å². The van der Waals surface area contributed by atoms with Gasteiger partial charge in [0.2, 0.25) is 0 Å². The third-order valence-electron chi connectivity index (χ3n) is 4.19. The Kier molecular flexibility index (Phi) is 3.53. The van der Waals surface area contributed by atoms with Crippen molar-refractivity contribution in [3.8, 4) is 0 Å². The van der Waals surface area contributed by atoms with Gasteiger partial charge in [-0.15, -0.1) is 11.6 Å². The van der Waals surface area contributed by atoms with Crippen LogP contribution in [0.1, 0.15) is 43.6 Å². The highest BCUT2D eigenvalue weighted by Crippen LogP contribution is 2.48. The summed E-state index contributed by atoms with van der Waals surface area (Å²) in [5.41, 5.74) is 3.72. The fourth-order valence-corrected chi connectivity index (χ4v) is 3.33. The van der Waals surface area contributed by atoms with Crippen molar-refractivity contribution in [2.45, 2.75) is 45.6 Å². The summed E-state index contributed by atoms with van der Waals surface area (Å²) >= 11 is 5.94. The fourth-order valence-electron chi connectivity index (χ4n) is 3.17. The van der Waals surface area contributed by atoms with Gasteiger partial charge < -0.3 is 4.57 Å². The normalized spacial score (nSPS) is 22.1. The summed E-state index contributed by atoms with van der Waals surface area (Å²) in [7, 11) is 0. The Bertz CT molecular complexity index is 588. The minimum absolute atomic E-state index is 0.646. The van der Waals surface area contributed by atoms with Crippen molar-refractivity contribution in [3.63, 3.8) is 0 Å². The number of aromatic nitrogens is 2. The summed E-state index contributed by atoms with van der Waals surface area (Å²) in [6, 6.07) is 7.14. The van der Waals surface area contributed by atoms with Gasteiger partial charge in [-0.05, 0) is 37.3 Å². The second-order valence-electron chi connectivity index (χ2n) is 5.63. The van der Waals surface area contributed by atoms with Crippen LogP contribution in [0.25, 0.3) is 11.0 Å². The number of para-hydroxylation sites is 1. The van der Waals surface area contributed by atoms with Crippen molar-refractivity contribution in [2.75, 3.05) is 5.88 Å². The number of fused-ring (bicyclic) bond motifs is 1. The number of aryl methyl sites for hydroxylation is 2. The molecule has 102 valence electrons. The molecular weight excluding hydrogens is 256 g/mol. The molecule has 2 nitrogen and oxygen atoms in total. The Morgan fingerprint density at radius 1 is 1.42 bits per heavy atom. The number of imidazole rings is 1. The molecule has 3 heteroatoms. The second-order valence-corrected chi connectivity index (χ2v) is 6.01. The molecule has 2 aromatic rings. The first-order valence-electron chi connectivity index (χ1n) is 7.28. The second kappa shape index (κ2) is 5.16. The molecule has 1 aliphatic carbocycles. The molecule has 1 aromatic carbocycles. The van der Waals surface area contributed by atoms with E-state index in [1.54, 1.807) is 0 Å². The van der Waals surface area contributed by atoms with E-state index in [-0.39, 0.29) is 0 Å². The summed E-state index contributed by atoms with van der Waals surface area (Å²) in [5.74, 6) is 2.66. The van der Waals surface area contributed by atoms with Gasteiger partial charge in [0.05, 0.1) is 11.0 Å². The topological polar surface area (TPSA) is 17.8 Å². The number of hydrogen-bond acceptors (Lipinski definition) is 1. The van der Waals surface area contributed by atoms with Crippen molar-refractivity contribution in [2.24, 2.45) is 5.92 Å². The lowest BCUT2D eigenvalue weighted by molar-refractivity contribution is 0.600. The molecule has 1 saturated carbocycles. The first-order chi connectivity index (χ1) is 9.26. The van der Waals surface area contributed by atoms with Gasteiger partial charge in [0.25, 0.3) is 0 Å². The van der Waals surface area contributed by atoms with E-state index in [0.29, 0.717) is 11.9 Å². The Morgan fingerprint density at radius 3 is 3.00 bits per heavy atom. The lowest BCUT2D eigenvalue weighted by Gasteiger charge is -2.08. The zero-order valence-corrected chi connectivity index (χ0v) is 12.5. The summed E-state index contributed by atoms with van der Waals surface area (Å²) in [6.45, 7) is 4.41. The van der Waals surface area contributed by atoms with Gasteiger partial charge >= 0.3 is 0 Å². The van der Waals surface area contributed by atoms with Crippen LogP contribution in [-0.4, -0.2) is 15.4 Å². The first-order valence-corrected chi connectivity index (χ1v) is 7.82. The molecule has 1 aliphatic rings. The average Bonchev–Trinajstić information content (AvgIpc) is 3.03. The number of rotatable bonds is 5. The molecule has 0 bridgehead atoms. The van der Waals surface area contributed by atoms with Crippen molar-refractivity contribution in [1.82, 2.24) is 9.55 Å². The number of hydrogen-bond donors (Lipinski definition) is 0. The van der Waals surface area contributed by atoms with E-state index in [4.69, 9.17) is 16.6 Å². The van der Waals surface area contributed by atoms with Crippen LogP contribution in [0.4, 0.5) is 0 Å². The van der Waals surface area contributed by atoms with Gasteiger partial charge in [-0.3, -0.25) is 0 Å². The Labute approximate surface area is 119 Å². The van der Waals surface area contributed by atoms with E-state index in [9.17, 15) is 0 Å². The number of halogens is 1. The van der Waals surface area contributed by atoms with Gasteiger partial charge in [-0.1, -0.05) is 25.5 Å². The standard InChI is InChI=1S/C16H21ClN2/c1-3-5-12-10-14(12)19-13-7-4-6-11(2)16(13)18-15(19)8-9-17/h4,6-7,12,14H,3,5,8-10H2,1-2H3. The van der Waals surface area contributed by atoms with Crippen LogP contribution in [-0.2, 0) is 6.42 Å². The Balaban J connectivity index is 2.05. The molecule has 2 unspecified atom stereocenters. The van der Waals surface area contributed by atoms with Crippen molar-refractivity contribution in [1.29, 1.82) is 0 Å². The van der Waals surface area contributed by atoms with E-state index in [1.807, 2.05) is 0 Å². The maximum absolute atomic E-state index is 5.94. The smallest absolute Gasteiger partial charge is 0.111 e. The van der Waals surface area contributed by atoms with Crippen LogP contribution in [0.5, 0.6) is 0 Å². The lowest BCUT2D eigenvalue weighted by atomic mass is 10.2. The summed E-state index contributed by atoms with van der Waals surface area (Å²) in [4.78, 5) is 4.84. The van der Waals surface area contributed by atoms with Gasteiger partial charge in [-0.25, -0.2) is 4.98 Å². The monoisotopic (exact) mass is 276 g/mol. The first kappa shape index (κ1) is 13.0. The highest BCUT2D eigenvalue weighted by atomic mass is 35.5. The highest BCUT2D eigenvalue weighted by Gasteiger charge is 2.39. The molecular formula is C16H21ClN2. The van der Waals surface area contributed by atoms with E-state index in [2.05, 4.69) is 36.6 Å². The van der Waals surface area contributed by atoms with Gasteiger partial charge in [0, 0.05) is 18.3 Å². The number of benzene rings is 1. The fraction of sp³-hybridized carbons (Fsp3) is 0.562. The quantitative estimate of drug-likeness (QED) is 0.736. The molecule has 0 radical (unpaired) electrons. The van der Waals surface area contributed by atoms with Crippen LogP contribution in [0.2, 0.25) is 0 Å². The third kappa shape index (κ3) is 2.27. The Hall–Kier alpha value is -1.02. The predicted molar refractivity (Wildman–Crippen MR) is 80.9 cm³/mol. The van der Waals surface area contributed by atoms with Gasteiger partial charge in [0.1, 0.15) is 5.82 Å². The van der Waals surface area contributed by atoms with Crippen LogP contribution in [0, 0.1) is 12.8 Å². The summed E-state index contributed by atoms with van der Waals surface area (Å²) < 4.78 is 2.46. The van der Waals surface area contributed by atoms with Crippen LogP contribution >= 0.6 is 11.6 Å². The maximum Gasteiger partial charge on any atom is 0.111 e. The third-order valence-corrected chi connectivity index (χ3v) is 4.38. The van der Waals surface area contributed by atoms with Gasteiger partial charge in [-0.2, -0.15) is 0 Å². The molecule has 1 aromatic heterocycles. The zero-order valence-electron chi connectivity index (χ0n) is 11.7. The predicted octanol–water partition coefficient (Wildman–Crippen LogP) is 4.49. The zero-order chi connectivity index (χ0) is 13.4.